The van der Waals surface area contributed by atoms with E-state index in [4.69, 9.17) is 5.11 Å². The molecule has 0 amide bonds. The second-order valence-electron chi connectivity index (χ2n) is 9.92. The Hall–Kier alpha value is -2.69. The van der Waals surface area contributed by atoms with Crippen LogP contribution in [0.1, 0.15) is 0 Å². The molecule has 0 heterocycles. The van der Waals surface area contributed by atoms with Crippen LogP contribution in [-0.2, 0) is 23.7 Å². The van der Waals surface area contributed by atoms with E-state index in [2.05, 4.69) is 0 Å². The smallest absolute Gasteiger partial charge is 0.390 e. The third kappa shape index (κ3) is 9.40. The van der Waals surface area contributed by atoms with Gasteiger partial charge in [-0.1, -0.05) is 0 Å². The number of hydrogen-bond acceptors (Lipinski definition) is 6. The van der Waals surface area contributed by atoms with Gasteiger partial charge in [-0.2, -0.15) is 154 Å². The van der Waals surface area contributed by atoms with Gasteiger partial charge >= 0.3 is 103 Å². The van der Waals surface area contributed by atoms with Crippen LogP contribution in [0.15, 0.2) is 0 Å². The predicted octanol–water partition coefficient (Wildman–Crippen LogP) is 10.4. The van der Waals surface area contributed by atoms with Gasteiger partial charge in [0.2, 0.25) is 0 Å². The minimum Gasteiger partial charge on any atom is -0.390 e. The topological polar surface area (TPSA) is 66.4 Å². The summed E-state index contributed by atoms with van der Waals surface area (Å²) >= 11 is 0. The SMILES string of the molecule is OC[C@@](F)(OC(F)(F)[C@](F)(OC(F)(F)[C@@](F)(OC(F)(F)[C@@](F)(OC(F)(F)[C@@](F)(OC(F)(F)C(F)(F)C(F)(F)F)C(F)(F)F)C(F)(F)F)C(F)(F)F)C(F)(F)F)C(F)(F)F. The normalized spacial score (nSPS) is 20.9. The molecule has 5 atom stereocenters. The highest BCUT2D eigenvalue weighted by molar-refractivity contribution is 5.00. The fourth-order valence-electron chi connectivity index (χ4n) is 2.71. The van der Waals surface area contributed by atoms with Crippen molar-refractivity contribution in [3.63, 3.8) is 0 Å². The van der Waals surface area contributed by atoms with E-state index in [1.165, 1.54) is 4.74 Å². The third-order valence-electron chi connectivity index (χ3n) is 5.67. The van der Waals surface area contributed by atoms with E-state index in [0.29, 0.717) is 9.47 Å². The van der Waals surface area contributed by atoms with Crippen LogP contribution in [0.2, 0.25) is 0 Å². The molecule has 0 saturated carbocycles. The molecule has 0 unspecified atom stereocenters. The monoisotopic (exact) mass is 980 g/mol. The van der Waals surface area contributed by atoms with Crippen molar-refractivity contribution in [1.82, 2.24) is 0 Å². The molecule has 0 saturated heterocycles. The van der Waals surface area contributed by atoms with Crippen molar-refractivity contribution in [1.29, 1.82) is 0 Å². The molecular formula is C18H3F35O6. The lowest BCUT2D eigenvalue weighted by Gasteiger charge is -2.44. The van der Waals surface area contributed by atoms with Crippen molar-refractivity contribution < 1.29 is 182 Å². The first-order valence-electron chi connectivity index (χ1n) is 12.1. The fourth-order valence-corrected chi connectivity index (χ4v) is 2.71. The van der Waals surface area contributed by atoms with Gasteiger partial charge in [-0.05, 0) is 0 Å². The predicted molar refractivity (Wildman–Crippen MR) is 97.7 cm³/mol. The summed E-state index contributed by atoms with van der Waals surface area (Å²) in [5.41, 5.74) is 0. The largest absolute Gasteiger partial charge is 0.462 e. The Bertz CT molecular complexity index is 1450. The maximum atomic E-state index is 14.6. The first-order chi connectivity index (χ1) is 24.8. The lowest BCUT2D eigenvalue weighted by atomic mass is 10.2. The van der Waals surface area contributed by atoms with E-state index in [1.807, 2.05) is 0 Å². The molecule has 0 aliphatic carbocycles. The zero-order valence-corrected chi connectivity index (χ0v) is 24.9. The van der Waals surface area contributed by atoms with E-state index in [0.717, 1.165) is 9.47 Å². The standard InChI is InChI=1S/C18H3F35O6/c19-2(1-54,8(26,27)28)55-15(46,47)4(22,10(32,33)34)57-17(50,51)6(24,12(38,39)40)59-18(52,53)7(25,13(41,42)43)58-16(48,49)5(23,11(35,36)37)56-14(44,45)3(20,21)9(29,30)31/h54H,1H2/t2-,4-,5+,6+,7+/m1/s1. The summed E-state index contributed by atoms with van der Waals surface area (Å²) in [4.78, 5) is 0. The average molecular weight is 980 g/mol. The maximum Gasteiger partial charge on any atom is 0.462 e. The lowest BCUT2D eigenvalue weighted by Crippen LogP contribution is -2.73. The van der Waals surface area contributed by atoms with Crippen molar-refractivity contribution in [2.24, 2.45) is 0 Å². The van der Waals surface area contributed by atoms with E-state index in [9.17, 15) is 154 Å². The Morgan fingerprint density at radius 2 is 0.424 bits per heavy atom. The Kier molecular flexibility index (Phi) is 14.0. The number of alkyl halides is 35. The Morgan fingerprint density at radius 1 is 0.237 bits per heavy atom. The van der Waals surface area contributed by atoms with Gasteiger partial charge in [-0.25, -0.2) is 0 Å². The molecule has 41 heteroatoms. The van der Waals surface area contributed by atoms with Gasteiger partial charge in [-0.15, -0.1) is 0 Å². The van der Waals surface area contributed by atoms with Crippen molar-refractivity contribution in [2.75, 3.05) is 6.61 Å². The fraction of sp³-hybridized carbons (Fsp3) is 1.00. The summed E-state index contributed by atoms with van der Waals surface area (Å²) in [5.74, 6) is -52.8. The summed E-state index contributed by atoms with van der Waals surface area (Å²) in [6.07, 6.45) is -97.2. The number of ether oxygens (including phenoxy) is 5. The number of aliphatic hydroxyl groups excluding tert-OH is 1. The highest BCUT2D eigenvalue weighted by atomic mass is 19.5. The zero-order valence-electron chi connectivity index (χ0n) is 24.9. The van der Waals surface area contributed by atoms with Crippen LogP contribution in [0.4, 0.5) is 154 Å². The molecule has 0 fully saturated rings. The summed E-state index contributed by atoms with van der Waals surface area (Å²) in [5, 5.41) is 8.13. The second kappa shape index (κ2) is 14.7. The summed E-state index contributed by atoms with van der Waals surface area (Å²) < 4.78 is 472. The van der Waals surface area contributed by atoms with E-state index >= 15 is 0 Å². The molecule has 0 aliphatic rings. The summed E-state index contributed by atoms with van der Waals surface area (Å²) in [6, 6.07) is 0. The van der Waals surface area contributed by atoms with Crippen molar-refractivity contribution in [3.05, 3.63) is 0 Å². The molecule has 6 nitrogen and oxygen atoms in total. The van der Waals surface area contributed by atoms with Gasteiger partial charge in [0.05, 0.1) is 0 Å². The molecule has 0 bridgehead atoms. The molecule has 1 N–H and O–H groups in total. The summed E-state index contributed by atoms with van der Waals surface area (Å²) in [7, 11) is 0. The zero-order chi connectivity index (χ0) is 48.7. The molecular weight excluding hydrogens is 977 g/mol. The van der Waals surface area contributed by atoms with Gasteiger partial charge in [0, 0.05) is 0 Å². The highest BCUT2D eigenvalue weighted by Gasteiger charge is 2.91. The van der Waals surface area contributed by atoms with Crippen LogP contribution >= 0.6 is 0 Å². The van der Waals surface area contributed by atoms with Crippen LogP contribution < -0.4 is 0 Å². The average Bonchev–Trinajstić information content (AvgIpc) is 2.91. The van der Waals surface area contributed by atoms with Gasteiger partial charge < -0.3 is 5.11 Å². The maximum absolute atomic E-state index is 14.6. The van der Waals surface area contributed by atoms with Crippen LogP contribution in [0.5, 0.6) is 0 Å². The van der Waals surface area contributed by atoms with E-state index in [-0.39, 0.29) is 0 Å². The second-order valence-corrected chi connectivity index (χ2v) is 9.92. The van der Waals surface area contributed by atoms with Crippen LogP contribution in [0.25, 0.3) is 0 Å². The minimum atomic E-state index is -9.58. The van der Waals surface area contributed by atoms with Crippen molar-refractivity contribution in [2.45, 2.75) is 103 Å². The third-order valence-corrected chi connectivity index (χ3v) is 5.67. The molecule has 0 aromatic heterocycles. The summed E-state index contributed by atoms with van der Waals surface area (Å²) in [6.45, 7) is -3.90. The van der Waals surface area contributed by atoms with E-state index in [1.54, 1.807) is 0 Å². The minimum absolute atomic E-state index is 0.705. The Labute approximate surface area is 293 Å². The number of halogens is 35. The molecule has 356 valence electrons. The number of aliphatic hydroxyl groups is 1. The van der Waals surface area contributed by atoms with Gasteiger partial charge in [-0.3, -0.25) is 23.7 Å². The van der Waals surface area contributed by atoms with Crippen LogP contribution in [0.3, 0.4) is 0 Å². The number of hydrogen-bond donors (Lipinski definition) is 1. The quantitative estimate of drug-likeness (QED) is 0.156. The Morgan fingerprint density at radius 3 is 0.576 bits per heavy atom. The Balaban J connectivity index is 7.96. The lowest BCUT2D eigenvalue weighted by molar-refractivity contribution is -0.600. The van der Waals surface area contributed by atoms with Gasteiger partial charge in [0.25, 0.3) is 0 Å². The molecule has 0 spiro atoms. The molecule has 59 heavy (non-hydrogen) atoms. The van der Waals surface area contributed by atoms with Gasteiger partial charge in [0.1, 0.15) is 6.61 Å². The van der Waals surface area contributed by atoms with Crippen molar-refractivity contribution >= 4 is 0 Å². The number of rotatable bonds is 16. The highest BCUT2D eigenvalue weighted by Crippen LogP contribution is 2.62. The van der Waals surface area contributed by atoms with Crippen molar-refractivity contribution in [3.8, 4) is 0 Å². The van der Waals surface area contributed by atoms with Crippen LogP contribution in [0, 0.1) is 0 Å². The molecule has 0 aromatic carbocycles. The first-order valence-corrected chi connectivity index (χ1v) is 12.1. The first kappa shape index (κ1) is 56.3. The van der Waals surface area contributed by atoms with Gasteiger partial charge in [0.15, 0.2) is 0 Å². The molecule has 0 rings (SSSR count). The van der Waals surface area contributed by atoms with E-state index < -0.39 is 109 Å². The molecule has 0 aromatic rings. The molecule has 0 radical (unpaired) electrons. The molecule has 0 aliphatic heterocycles. The van der Waals surface area contributed by atoms with Crippen LogP contribution in [-0.4, -0.2) is 115 Å².